The van der Waals surface area contributed by atoms with E-state index in [-0.39, 0.29) is 24.0 Å². The average molecular weight is 401 g/mol. The maximum atomic E-state index is 4.66. The molecule has 0 aliphatic heterocycles. The highest BCUT2D eigenvalue weighted by atomic mass is 127. The monoisotopic (exact) mass is 401 g/mol. The Morgan fingerprint density at radius 3 is 2.32 bits per heavy atom. The summed E-state index contributed by atoms with van der Waals surface area (Å²) < 4.78 is 0. The Morgan fingerprint density at radius 1 is 1.11 bits per heavy atom. The van der Waals surface area contributed by atoms with Crippen LogP contribution >= 0.6 is 35.7 Å². The summed E-state index contributed by atoms with van der Waals surface area (Å²) in [5.41, 5.74) is 0. The molecular weight excluding hydrogens is 369 g/mol. The van der Waals surface area contributed by atoms with Crippen molar-refractivity contribution in [3.05, 3.63) is 0 Å². The molecule has 5 heteroatoms. The molecule has 0 unspecified atom stereocenters. The summed E-state index contributed by atoms with van der Waals surface area (Å²) in [6.07, 6.45) is 7.09. The minimum atomic E-state index is 0. The quantitative estimate of drug-likeness (QED) is 0.253. The summed E-state index contributed by atoms with van der Waals surface area (Å²) in [7, 11) is 0. The number of thioether (sulfide) groups is 1. The number of hydrogen-bond donors (Lipinski definition) is 2. The minimum Gasteiger partial charge on any atom is -0.357 e. The van der Waals surface area contributed by atoms with E-state index in [4.69, 9.17) is 0 Å². The van der Waals surface area contributed by atoms with Crippen LogP contribution in [0.25, 0.3) is 0 Å². The van der Waals surface area contributed by atoms with Crippen molar-refractivity contribution in [2.75, 3.05) is 31.6 Å². The van der Waals surface area contributed by atoms with E-state index in [1.807, 2.05) is 11.8 Å². The number of rotatable bonds is 10. The number of unbranched alkanes of at least 4 members (excludes halogenated alkanes) is 1. The lowest BCUT2D eigenvalue weighted by atomic mass is 10.0. The van der Waals surface area contributed by atoms with Crippen LogP contribution < -0.4 is 10.6 Å². The second-order valence-electron chi connectivity index (χ2n) is 4.53. The van der Waals surface area contributed by atoms with E-state index in [1.54, 1.807) is 0 Å². The Kier molecular flexibility index (Phi) is 18.7. The predicted molar refractivity (Wildman–Crippen MR) is 101 cm³/mol. The normalized spacial score (nSPS) is 11.3. The van der Waals surface area contributed by atoms with Gasteiger partial charge in [0.05, 0.1) is 0 Å². The van der Waals surface area contributed by atoms with E-state index in [2.05, 4.69) is 42.7 Å². The highest BCUT2D eigenvalue weighted by Gasteiger charge is 2.03. The minimum absolute atomic E-state index is 0. The second kappa shape index (κ2) is 16.4. The number of halogens is 1. The van der Waals surface area contributed by atoms with E-state index in [0.29, 0.717) is 0 Å². The lowest BCUT2D eigenvalue weighted by molar-refractivity contribution is 0.504. The van der Waals surface area contributed by atoms with Crippen LogP contribution in [0.15, 0.2) is 4.99 Å². The fourth-order valence-electron chi connectivity index (χ4n) is 1.69. The van der Waals surface area contributed by atoms with Crippen molar-refractivity contribution >= 4 is 41.7 Å². The molecule has 0 saturated heterocycles. The summed E-state index contributed by atoms with van der Waals surface area (Å²) >= 11 is 1.92. The third-order valence-corrected chi connectivity index (χ3v) is 3.77. The standard InChI is InChI=1S/C14H31N3S.HI/c1-5-13(6-2)12-17-14(15-7-3)16-10-8-9-11-18-4;/h13H,5-12H2,1-4H3,(H2,15,16,17);1H. The summed E-state index contributed by atoms with van der Waals surface area (Å²) in [6, 6.07) is 0. The second-order valence-corrected chi connectivity index (χ2v) is 5.51. The Morgan fingerprint density at radius 2 is 1.79 bits per heavy atom. The Balaban J connectivity index is 0. The molecule has 3 nitrogen and oxygen atoms in total. The summed E-state index contributed by atoms with van der Waals surface area (Å²) in [5, 5.41) is 6.72. The van der Waals surface area contributed by atoms with Crippen molar-refractivity contribution in [3.8, 4) is 0 Å². The van der Waals surface area contributed by atoms with Crippen LogP contribution in [-0.4, -0.2) is 37.6 Å². The molecule has 0 fully saturated rings. The summed E-state index contributed by atoms with van der Waals surface area (Å²) in [5.74, 6) is 2.95. The molecular formula is C14H32IN3S. The van der Waals surface area contributed by atoms with Gasteiger partial charge < -0.3 is 10.6 Å². The number of aliphatic imine (C=N–C) groups is 1. The SMILES string of the molecule is CCNC(=NCC(CC)CC)NCCCCSC.I. The number of guanidine groups is 1. The first-order chi connectivity index (χ1) is 8.78. The van der Waals surface area contributed by atoms with Crippen LogP contribution in [0.1, 0.15) is 46.5 Å². The van der Waals surface area contributed by atoms with Gasteiger partial charge in [-0.25, -0.2) is 0 Å². The van der Waals surface area contributed by atoms with Gasteiger partial charge in [-0.2, -0.15) is 11.8 Å². The van der Waals surface area contributed by atoms with E-state index in [0.717, 1.165) is 31.5 Å². The van der Waals surface area contributed by atoms with Crippen LogP contribution in [0, 0.1) is 5.92 Å². The van der Waals surface area contributed by atoms with Gasteiger partial charge >= 0.3 is 0 Å². The molecule has 0 aromatic heterocycles. The Labute approximate surface area is 141 Å². The van der Waals surface area contributed by atoms with Gasteiger partial charge in [0.2, 0.25) is 0 Å². The maximum absolute atomic E-state index is 4.66. The van der Waals surface area contributed by atoms with Crippen molar-refractivity contribution in [2.45, 2.75) is 46.5 Å². The average Bonchev–Trinajstić information content (AvgIpc) is 2.39. The molecule has 0 heterocycles. The highest BCUT2D eigenvalue weighted by molar-refractivity contribution is 14.0. The van der Waals surface area contributed by atoms with E-state index >= 15 is 0 Å². The summed E-state index contributed by atoms with van der Waals surface area (Å²) in [6.45, 7) is 9.49. The first kappa shape index (κ1) is 21.6. The highest BCUT2D eigenvalue weighted by Crippen LogP contribution is 2.07. The third-order valence-electron chi connectivity index (χ3n) is 3.07. The fraction of sp³-hybridized carbons (Fsp3) is 0.929. The van der Waals surface area contributed by atoms with E-state index in [9.17, 15) is 0 Å². The van der Waals surface area contributed by atoms with Crippen molar-refractivity contribution in [1.29, 1.82) is 0 Å². The van der Waals surface area contributed by atoms with Gasteiger partial charge in [0.15, 0.2) is 5.96 Å². The van der Waals surface area contributed by atoms with Crippen molar-refractivity contribution in [1.82, 2.24) is 10.6 Å². The Hall–Kier alpha value is 0.350. The van der Waals surface area contributed by atoms with Crippen LogP contribution in [0.5, 0.6) is 0 Å². The van der Waals surface area contributed by atoms with Crippen molar-refractivity contribution in [2.24, 2.45) is 10.9 Å². The molecule has 116 valence electrons. The van der Waals surface area contributed by atoms with Gasteiger partial charge in [0, 0.05) is 19.6 Å². The number of nitrogens with one attached hydrogen (secondary N) is 2. The molecule has 0 atom stereocenters. The predicted octanol–water partition coefficient (Wildman–Crippen LogP) is 3.74. The topological polar surface area (TPSA) is 36.4 Å². The fourth-order valence-corrected chi connectivity index (χ4v) is 2.18. The smallest absolute Gasteiger partial charge is 0.191 e. The molecule has 2 N–H and O–H groups in total. The van der Waals surface area contributed by atoms with Gasteiger partial charge in [0.1, 0.15) is 0 Å². The van der Waals surface area contributed by atoms with Crippen molar-refractivity contribution < 1.29 is 0 Å². The van der Waals surface area contributed by atoms with E-state index < -0.39 is 0 Å². The number of nitrogens with zero attached hydrogens (tertiary/aromatic N) is 1. The molecule has 0 spiro atoms. The van der Waals surface area contributed by atoms with Crippen LogP contribution in [0.3, 0.4) is 0 Å². The lowest BCUT2D eigenvalue weighted by Gasteiger charge is -2.13. The zero-order valence-corrected chi connectivity index (χ0v) is 16.1. The lowest BCUT2D eigenvalue weighted by Crippen LogP contribution is -2.38. The van der Waals surface area contributed by atoms with Gasteiger partial charge in [-0.1, -0.05) is 26.7 Å². The molecule has 0 aliphatic rings. The van der Waals surface area contributed by atoms with Crippen LogP contribution in [0.4, 0.5) is 0 Å². The maximum Gasteiger partial charge on any atom is 0.191 e. The molecule has 0 aromatic rings. The third kappa shape index (κ3) is 13.1. The molecule has 0 amide bonds. The summed E-state index contributed by atoms with van der Waals surface area (Å²) in [4.78, 5) is 4.66. The molecule has 0 radical (unpaired) electrons. The Bertz CT molecular complexity index is 209. The van der Waals surface area contributed by atoms with Crippen molar-refractivity contribution in [3.63, 3.8) is 0 Å². The van der Waals surface area contributed by atoms with Gasteiger partial charge in [0.25, 0.3) is 0 Å². The molecule has 0 saturated carbocycles. The molecule has 0 rings (SSSR count). The zero-order valence-electron chi connectivity index (χ0n) is 13.0. The van der Waals surface area contributed by atoms with Gasteiger partial charge in [-0.05, 0) is 37.7 Å². The largest absolute Gasteiger partial charge is 0.357 e. The van der Waals surface area contributed by atoms with Gasteiger partial charge in [-0.15, -0.1) is 24.0 Å². The van der Waals surface area contributed by atoms with Crippen LogP contribution in [0.2, 0.25) is 0 Å². The molecule has 0 aromatic carbocycles. The number of hydrogen-bond acceptors (Lipinski definition) is 2. The van der Waals surface area contributed by atoms with Gasteiger partial charge in [-0.3, -0.25) is 4.99 Å². The van der Waals surface area contributed by atoms with E-state index in [1.165, 1.54) is 31.4 Å². The first-order valence-corrected chi connectivity index (χ1v) is 8.68. The zero-order chi connectivity index (χ0) is 13.6. The van der Waals surface area contributed by atoms with Crippen LogP contribution in [-0.2, 0) is 0 Å². The molecule has 19 heavy (non-hydrogen) atoms. The molecule has 0 bridgehead atoms. The first-order valence-electron chi connectivity index (χ1n) is 7.29. The molecule has 0 aliphatic carbocycles.